The van der Waals surface area contributed by atoms with Gasteiger partial charge in [0, 0.05) is 11.8 Å². The number of nitrogens with two attached hydrogens (primary N) is 1. The summed E-state index contributed by atoms with van der Waals surface area (Å²) in [5.74, 6) is 3.92. The average Bonchev–Trinajstić information content (AvgIpc) is 2.99. The molecular formula is C12H16N4S2. The van der Waals surface area contributed by atoms with Crippen molar-refractivity contribution in [2.24, 2.45) is 0 Å². The van der Waals surface area contributed by atoms with Crippen LogP contribution in [0.4, 0.5) is 5.82 Å². The van der Waals surface area contributed by atoms with Crippen LogP contribution in [0.15, 0.2) is 11.4 Å². The van der Waals surface area contributed by atoms with Gasteiger partial charge in [-0.2, -0.15) is 11.8 Å². The fourth-order valence-electron chi connectivity index (χ4n) is 2.22. The molecule has 0 aromatic carbocycles. The molecule has 18 heavy (non-hydrogen) atoms. The van der Waals surface area contributed by atoms with E-state index in [0.717, 1.165) is 22.6 Å². The second-order valence-corrected chi connectivity index (χ2v) is 6.64. The van der Waals surface area contributed by atoms with Gasteiger partial charge in [-0.15, -0.1) is 11.3 Å². The minimum absolute atomic E-state index is 0.602. The number of anilines is 1. The largest absolute Gasteiger partial charge is 0.383 e. The van der Waals surface area contributed by atoms with Gasteiger partial charge in [-0.1, -0.05) is 0 Å². The number of thioether (sulfide) groups is 1. The van der Waals surface area contributed by atoms with E-state index in [0.29, 0.717) is 11.9 Å². The van der Waals surface area contributed by atoms with Gasteiger partial charge < -0.3 is 5.73 Å². The van der Waals surface area contributed by atoms with Crippen LogP contribution in [0.1, 0.15) is 12.2 Å². The van der Waals surface area contributed by atoms with Gasteiger partial charge >= 0.3 is 0 Å². The molecule has 2 N–H and O–H groups in total. The highest BCUT2D eigenvalue weighted by molar-refractivity contribution is 7.99. The van der Waals surface area contributed by atoms with E-state index in [2.05, 4.69) is 21.9 Å². The molecule has 1 unspecified atom stereocenters. The summed E-state index contributed by atoms with van der Waals surface area (Å²) in [5, 5.41) is 2.99. The number of nitrogens with zero attached hydrogens (tertiary/aromatic N) is 3. The summed E-state index contributed by atoms with van der Waals surface area (Å²) in [6, 6.07) is 2.63. The maximum Gasteiger partial charge on any atom is 0.146 e. The average molecular weight is 280 g/mol. The molecular weight excluding hydrogens is 264 g/mol. The van der Waals surface area contributed by atoms with Crippen molar-refractivity contribution >= 4 is 39.1 Å². The lowest BCUT2D eigenvalue weighted by atomic mass is 10.2. The molecule has 0 spiro atoms. The van der Waals surface area contributed by atoms with Crippen LogP contribution >= 0.6 is 23.1 Å². The second-order valence-electron chi connectivity index (χ2n) is 4.60. The van der Waals surface area contributed by atoms with Crippen LogP contribution < -0.4 is 5.73 Å². The van der Waals surface area contributed by atoms with Crippen LogP contribution in [-0.2, 0) is 6.54 Å². The van der Waals surface area contributed by atoms with Gasteiger partial charge in [-0.05, 0) is 30.7 Å². The van der Waals surface area contributed by atoms with Gasteiger partial charge in [0.25, 0.3) is 0 Å². The predicted molar refractivity (Wildman–Crippen MR) is 79.0 cm³/mol. The number of rotatable bonds is 3. The molecule has 1 atom stereocenters. The van der Waals surface area contributed by atoms with Crippen molar-refractivity contribution in [3.8, 4) is 0 Å². The van der Waals surface area contributed by atoms with E-state index in [1.165, 1.54) is 17.9 Å². The third-order valence-corrected chi connectivity index (χ3v) is 5.27. The van der Waals surface area contributed by atoms with Gasteiger partial charge in [-0.3, -0.25) is 4.90 Å². The fourth-order valence-corrected chi connectivity index (χ4v) is 4.31. The third kappa shape index (κ3) is 2.32. The Hall–Kier alpha value is -0.850. The highest BCUT2D eigenvalue weighted by Crippen LogP contribution is 2.25. The highest BCUT2D eigenvalue weighted by atomic mass is 32.2. The number of fused-ring (bicyclic) bond motifs is 1. The smallest absolute Gasteiger partial charge is 0.146 e. The SMILES string of the molecule is CN(Cc1nc(N)c2ccsc2n1)C1CCSC1. The number of thiophene rings is 1. The van der Waals surface area contributed by atoms with Crippen molar-refractivity contribution in [3.63, 3.8) is 0 Å². The number of hydrogen-bond donors (Lipinski definition) is 1. The monoisotopic (exact) mass is 280 g/mol. The fraction of sp³-hybridized carbons (Fsp3) is 0.500. The van der Waals surface area contributed by atoms with Crippen LogP contribution in [0.25, 0.3) is 10.2 Å². The predicted octanol–water partition coefficient (Wildman–Crippen LogP) is 2.21. The molecule has 6 heteroatoms. The van der Waals surface area contributed by atoms with Crippen molar-refractivity contribution in [1.29, 1.82) is 0 Å². The zero-order valence-electron chi connectivity index (χ0n) is 10.3. The highest BCUT2D eigenvalue weighted by Gasteiger charge is 2.21. The Labute approximate surface area is 115 Å². The first-order valence-electron chi connectivity index (χ1n) is 6.01. The lowest BCUT2D eigenvalue weighted by Crippen LogP contribution is -2.31. The van der Waals surface area contributed by atoms with Crippen molar-refractivity contribution in [1.82, 2.24) is 14.9 Å². The molecule has 0 aliphatic carbocycles. The zero-order chi connectivity index (χ0) is 12.5. The third-order valence-electron chi connectivity index (χ3n) is 3.32. The Morgan fingerprint density at radius 3 is 3.17 bits per heavy atom. The normalized spacial score (nSPS) is 20.0. The van der Waals surface area contributed by atoms with E-state index in [9.17, 15) is 0 Å². The van der Waals surface area contributed by atoms with Crippen LogP contribution in [0, 0.1) is 0 Å². The van der Waals surface area contributed by atoms with E-state index < -0.39 is 0 Å². The number of aromatic nitrogens is 2. The number of hydrogen-bond acceptors (Lipinski definition) is 6. The van der Waals surface area contributed by atoms with Crippen molar-refractivity contribution < 1.29 is 0 Å². The summed E-state index contributed by atoms with van der Waals surface area (Å²) in [5.41, 5.74) is 5.96. The van der Waals surface area contributed by atoms with E-state index >= 15 is 0 Å². The minimum atomic E-state index is 0.602. The van der Waals surface area contributed by atoms with Gasteiger partial charge in [-0.25, -0.2) is 9.97 Å². The molecule has 0 saturated carbocycles. The van der Waals surface area contributed by atoms with E-state index in [-0.39, 0.29) is 0 Å². The van der Waals surface area contributed by atoms with Crippen LogP contribution in [0.5, 0.6) is 0 Å². The first kappa shape index (κ1) is 12.2. The molecule has 1 aliphatic heterocycles. The second kappa shape index (κ2) is 5.03. The first-order chi connectivity index (χ1) is 8.74. The summed E-state index contributed by atoms with van der Waals surface area (Å²) in [6.45, 7) is 0.781. The Morgan fingerprint density at radius 2 is 2.39 bits per heavy atom. The minimum Gasteiger partial charge on any atom is -0.383 e. The molecule has 0 bridgehead atoms. The van der Waals surface area contributed by atoms with Crippen LogP contribution in [0.2, 0.25) is 0 Å². The van der Waals surface area contributed by atoms with Crippen LogP contribution in [0.3, 0.4) is 0 Å². The molecule has 3 heterocycles. The van der Waals surface area contributed by atoms with Gasteiger partial charge in [0.1, 0.15) is 16.5 Å². The zero-order valence-corrected chi connectivity index (χ0v) is 11.9. The lowest BCUT2D eigenvalue weighted by Gasteiger charge is -2.22. The Balaban J connectivity index is 1.81. The summed E-state index contributed by atoms with van der Waals surface area (Å²) in [6.07, 6.45) is 1.26. The molecule has 0 radical (unpaired) electrons. The standard InChI is InChI=1S/C12H16N4S2/c1-16(8-2-4-17-7-8)6-10-14-11(13)9-3-5-18-12(9)15-10/h3,5,8H,2,4,6-7H2,1H3,(H2,13,14,15). The summed E-state index contributed by atoms with van der Waals surface area (Å²) in [4.78, 5) is 12.3. The quantitative estimate of drug-likeness (QED) is 0.934. The van der Waals surface area contributed by atoms with E-state index in [4.69, 9.17) is 5.73 Å². The maximum atomic E-state index is 5.96. The van der Waals surface area contributed by atoms with Gasteiger partial charge in [0.15, 0.2) is 0 Å². The Morgan fingerprint density at radius 1 is 1.50 bits per heavy atom. The maximum absolute atomic E-state index is 5.96. The summed E-state index contributed by atoms with van der Waals surface area (Å²) in [7, 11) is 2.15. The molecule has 3 rings (SSSR count). The van der Waals surface area contributed by atoms with Gasteiger partial charge in [0.2, 0.25) is 0 Å². The molecule has 1 fully saturated rings. The molecule has 2 aromatic rings. The molecule has 1 saturated heterocycles. The number of nitrogen functional groups attached to an aromatic ring is 1. The van der Waals surface area contributed by atoms with E-state index in [1.807, 2.05) is 23.2 Å². The van der Waals surface area contributed by atoms with Crippen molar-refractivity contribution in [2.75, 3.05) is 24.3 Å². The topological polar surface area (TPSA) is 55.0 Å². The first-order valence-corrected chi connectivity index (χ1v) is 8.05. The summed E-state index contributed by atoms with van der Waals surface area (Å²) < 4.78 is 0. The Kier molecular flexibility index (Phi) is 3.41. The van der Waals surface area contributed by atoms with Gasteiger partial charge in [0.05, 0.1) is 11.9 Å². The molecule has 2 aromatic heterocycles. The summed E-state index contributed by atoms with van der Waals surface area (Å²) >= 11 is 3.64. The molecule has 1 aliphatic rings. The molecule has 0 amide bonds. The van der Waals surface area contributed by atoms with Crippen LogP contribution in [-0.4, -0.2) is 39.5 Å². The van der Waals surface area contributed by atoms with Crippen molar-refractivity contribution in [3.05, 3.63) is 17.3 Å². The van der Waals surface area contributed by atoms with E-state index in [1.54, 1.807) is 11.3 Å². The van der Waals surface area contributed by atoms with Crippen molar-refractivity contribution in [2.45, 2.75) is 19.0 Å². The Bertz CT molecular complexity index is 548. The molecule has 96 valence electrons. The molecule has 4 nitrogen and oxygen atoms in total. The lowest BCUT2D eigenvalue weighted by molar-refractivity contribution is 0.249.